The Morgan fingerprint density at radius 3 is 2.61 bits per heavy atom. The maximum atomic E-state index is 14.4. The normalized spacial score (nSPS) is 22.2. The third kappa shape index (κ3) is 6.44. The highest BCUT2D eigenvalue weighted by Gasteiger charge is 2.41. The second-order valence-corrected chi connectivity index (χ2v) is 10.9. The Morgan fingerprint density at radius 1 is 1.18 bits per heavy atom. The summed E-state index contributed by atoms with van der Waals surface area (Å²) < 4.78 is 62.6. The number of ether oxygens (including phenoxy) is 1. The molecule has 2 saturated heterocycles. The molecule has 10 nitrogen and oxygen atoms in total. The number of aliphatic imine (C=N–C) groups is 1. The molecule has 5 rings (SSSR count). The van der Waals surface area contributed by atoms with Gasteiger partial charge in [0.1, 0.15) is 5.83 Å². The standard InChI is InChI=1S/C30H30F4N6O4/c1-44-12-11-38-7-9-39(10-8-38)29(43)22-13-18(16-35)14-23(30(32,33)34)27(22)40-6-5-19(17-40)36-28(42)21-15-25(41)37-26-20(21)3-2-4-24(26)31/h2-4,13-15,19-20H,5-12,17H2,1H3,(H,36,42)/t19-,20?/m1/s1. The minimum atomic E-state index is -4.87. The van der Waals surface area contributed by atoms with Crippen LogP contribution in [-0.2, 0) is 20.5 Å². The molecule has 4 aliphatic rings. The van der Waals surface area contributed by atoms with Gasteiger partial charge in [0.25, 0.3) is 11.8 Å². The van der Waals surface area contributed by atoms with Crippen molar-refractivity contribution in [2.75, 3.05) is 64.4 Å². The molecule has 2 fully saturated rings. The Labute approximate surface area is 250 Å². The molecule has 0 spiro atoms. The van der Waals surface area contributed by atoms with Crippen molar-refractivity contribution in [1.29, 1.82) is 5.26 Å². The second kappa shape index (κ2) is 12.7. The molecular weight excluding hydrogens is 584 g/mol. The zero-order valence-electron chi connectivity index (χ0n) is 23.9. The number of anilines is 1. The Balaban J connectivity index is 1.38. The van der Waals surface area contributed by atoms with E-state index in [-0.39, 0.29) is 47.6 Å². The van der Waals surface area contributed by atoms with Crippen molar-refractivity contribution >= 4 is 29.1 Å². The number of alkyl halides is 3. The summed E-state index contributed by atoms with van der Waals surface area (Å²) in [5.74, 6) is -3.67. The molecule has 3 aliphatic heterocycles. The molecule has 1 aromatic carbocycles. The highest BCUT2D eigenvalue weighted by atomic mass is 19.4. The van der Waals surface area contributed by atoms with E-state index in [1.165, 1.54) is 28.0 Å². The lowest BCUT2D eigenvalue weighted by atomic mass is 9.87. The van der Waals surface area contributed by atoms with Gasteiger partial charge in [-0.3, -0.25) is 19.3 Å². The number of hydrogen-bond acceptors (Lipinski definition) is 7. The minimum Gasteiger partial charge on any atom is -0.383 e. The lowest BCUT2D eigenvalue weighted by Gasteiger charge is -2.35. The molecule has 1 aliphatic carbocycles. The fourth-order valence-corrected chi connectivity index (χ4v) is 5.86. The number of allylic oxidation sites excluding steroid dienone is 4. The number of hydrogen-bond donors (Lipinski definition) is 1. The summed E-state index contributed by atoms with van der Waals surface area (Å²) in [6.45, 7) is 2.82. The molecule has 2 atom stereocenters. The molecule has 0 aromatic heterocycles. The number of amides is 3. The first-order valence-electron chi connectivity index (χ1n) is 14.1. The Hall–Kier alpha value is -4.35. The zero-order chi connectivity index (χ0) is 31.6. The molecule has 1 N–H and O–H groups in total. The Bertz CT molecular complexity index is 1520. The third-order valence-corrected chi connectivity index (χ3v) is 8.08. The van der Waals surface area contributed by atoms with Gasteiger partial charge in [-0.1, -0.05) is 12.2 Å². The number of nitrogens with one attached hydrogen (secondary N) is 1. The van der Waals surface area contributed by atoms with Gasteiger partial charge in [0, 0.05) is 70.6 Å². The quantitative estimate of drug-likeness (QED) is 0.470. The highest BCUT2D eigenvalue weighted by Crippen LogP contribution is 2.41. The van der Waals surface area contributed by atoms with Crippen molar-refractivity contribution in [3.05, 3.63) is 64.5 Å². The molecule has 3 amide bonds. The van der Waals surface area contributed by atoms with Crippen LogP contribution in [0, 0.1) is 17.2 Å². The van der Waals surface area contributed by atoms with Crippen LogP contribution in [0.1, 0.15) is 27.9 Å². The summed E-state index contributed by atoms with van der Waals surface area (Å²) in [7, 11) is 1.58. The highest BCUT2D eigenvalue weighted by molar-refractivity contribution is 6.19. The number of nitrogens with zero attached hydrogens (tertiary/aromatic N) is 5. The number of benzene rings is 1. The van der Waals surface area contributed by atoms with Crippen LogP contribution in [0.5, 0.6) is 0 Å². The number of carbonyl (C=O) groups is 3. The van der Waals surface area contributed by atoms with E-state index in [0.717, 1.165) is 18.2 Å². The molecule has 232 valence electrons. The monoisotopic (exact) mass is 614 g/mol. The fourth-order valence-electron chi connectivity index (χ4n) is 5.86. The van der Waals surface area contributed by atoms with Crippen LogP contribution in [-0.4, -0.2) is 98.8 Å². The molecule has 44 heavy (non-hydrogen) atoms. The van der Waals surface area contributed by atoms with Crippen LogP contribution >= 0.6 is 0 Å². The van der Waals surface area contributed by atoms with Crippen molar-refractivity contribution in [2.45, 2.75) is 18.6 Å². The first-order chi connectivity index (χ1) is 21.0. The van der Waals surface area contributed by atoms with Crippen LogP contribution in [0.15, 0.2) is 52.8 Å². The maximum Gasteiger partial charge on any atom is 0.418 e. The molecule has 3 heterocycles. The van der Waals surface area contributed by atoms with E-state index in [1.807, 2.05) is 0 Å². The topological polar surface area (TPSA) is 118 Å². The predicted octanol–water partition coefficient (Wildman–Crippen LogP) is 2.62. The second-order valence-electron chi connectivity index (χ2n) is 10.9. The number of dihydropyridines is 1. The van der Waals surface area contributed by atoms with E-state index in [0.29, 0.717) is 39.3 Å². The number of rotatable bonds is 7. The lowest BCUT2D eigenvalue weighted by molar-refractivity contribution is -0.137. The third-order valence-electron chi connectivity index (χ3n) is 8.08. The fraction of sp³-hybridized carbons (Fsp3) is 0.433. The van der Waals surface area contributed by atoms with Crippen molar-refractivity contribution in [1.82, 2.24) is 15.1 Å². The van der Waals surface area contributed by atoms with Gasteiger partial charge in [-0.05, 0) is 24.6 Å². The Morgan fingerprint density at radius 2 is 1.93 bits per heavy atom. The Kier molecular flexibility index (Phi) is 8.98. The van der Waals surface area contributed by atoms with E-state index in [2.05, 4.69) is 15.2 Å². The molecular formula is C30H30F4N6O4. The van der Waals surface area contributed by atoms with E-state index < -0.39 is 47.2 Å². The van der Waals surface area contributed by atoms with Crippen molar-refractivity contribution < 1.29 is 36.7 Å². The van der Waals surface area contributed by atoms with Crippen LogP contribution < -0.4 is 10.2 Å². The number of nitriles is 1. The van der Waals surface area contributed by atoms with Crippen LogP contribution in [0.3, 0.4) is 0 Å². The average molecular weight is 615 g/mol. The summed E-state index contributed by atoms with van der Waals surface area (Å²) in [6.07, 6.45) is 0.468. The van der Waals surface area contributed by atoms with Gasteiger partial charge in [-0.2, -0.15) is 18.4 Å². The van der Waals surface area contributed by atoms with Crippen LogP contribution in [0.2, 0.25) is 0 Å². The zero-order valence-corrected chi connectivity index (χ0v) is 23.9. The number of fused-ring (bicyclic) bond motifs is 1. The summed E-state index contributed by atoms with van der Waals surface area (Å²) in [5.41, 5.74) is -2.17. The van der Waals surface area contributed by atoms with Gasteiger partial charge in [0.2, 0.25) is 5.91 Å². The van der Waals surface area contributed by atoms with Crippen molar-refractivity contribution in [3.8, 4) is 6.07 Å². The number of piperazine rings is 1. The average Bonchev–Trinajstić information content (AvgIpc) is 3.46. The first kappa shape index (κ1) is 31.1. The van der Waals surface area contributed by atoms with E-state index in [4.69, 9.17) is 4.74 Å². The molecule has 14 heteroatoms. The number of methoxy groups -OCH3 is 1. The van der Waals surface area contributed by atoms with Crippen LogP contribution in [0.4, 0.5) is 23.2 Å². The van der Waals surface area contributed by atoms with Gasteiger partial charge in [0.05, 0.1) is 46.7 Å². The van der Waals surface area contributed by atoms with E-state index in [1.54, 1.807) is 13.2 Å². The van der Waals surface area contributed by atoms with E-state index >= 15 is 0 Å². The van der Waals surface area contributed by atoms with Gasteiger partial charge in [-0.25, -0.2) is 9.38 Å². The molecule has 0 saturated carbocycles. The summed E-state index contributed by atoms with van der Waals surface area (Å²) >= 11 is 0. The SMILES string of the molecule is COCCN1CCN(C(=O)c2cc(C#N)cc(C(F)(F)F)c2N2CC[C@@H](NC(=O)C3=CC(=O)N=C4C(F)=CC=CC34)C2)CC1. The van der Waals surface area contributed by atoms with Crippen molar-refractivity contribution in [3.63, 3.8) is 0 Å². The summed E-state index contributed by atoms with van der Waals surface area (Å²) in [5, 5.41) is 12.3. The predicted molar refractivity (Wildman–Crippen MR) is 151 cm³/mol. The van der Waals surface area contributed by atoms with Gasteiger partial charge in [0.15, 0.2) is 0 Å². The molecule has 0 radical (unpaired) electrons. The van der Waals surface area contributed by atoms with Gasteiger partial charge >= 0.3 is 6.18 Å². The van der Waals surface area contributed by atoms with E-state index in [9.17, 15) is 37.2 Å². The number of carbonyl (C=O) groups excluding carboxylic acids is 3. The summed E-state index contributed by atoms with van der Waals surface area (Å²) in [6, 6.07) is 3.02. The first-order valence-corrected chi connectivity index (χ1v) is 14.1. The van der Waals surface area contributed by atoms with Gasteiger partial charge in [-0.15, -0.1) is 0 Å². The smallest absolute Gasteiger partial charge is 0.383 e. The molecule has 1 unspecified atom stereocenters. The summed E-state index contributed by atoms with van der Waals surface area (Å²) in [4.78, 5) is 47.7. The lowest BCUT2D eigenvalue weighted by Crippen LogP contribution is -2.49. The van der Waals surface area contributed by atoms with Crippen LogP contribution in [0.25, 0.3) is 0 Å². The van der Waals surface area contributed by atoms with Gasteiger partial charge < -0.3 is 19.9 Å². The molecule has 1 aromatic rings. The largest absolute Gasteiger partial charge is 0.418 e. The van der Waals surface area contributed by atoms with Crippen molar-refractivity contribution in [2.24, 2.45) is 10.9 Å². The number of halogens is 4. The molecule has 0 bridgehead atoms. The minimum absolute atomic E-state index is 0.0205. The maximum absolute atomic E-state index is 14.4.